The minimum Gasteiger partial charge on any atom is -0.473 e. The Morgan fingerprint density at radius 3 is 2.64 bits per heavy atom. The summed E-state index contributed by atoms with van der Waals surface area (Å²) < 4.78 is 43.4. The predicted molar refractivity (Wildman–Crippen MR) is 90.0 cm³/mol. The first kappa shape index (κ1) is 17.6. The molecule has 0 radical (unpaired) electrons. The Kier molecular flexibility index (Phi) is 5.17. The van der Waals surface area contributed by atoms with Crippen LogP contribution in [0.25, 0.3) is 0 Å². The zero-order valence-electron chi connectivity index (χ0n) is 13.0. The molecular weight excluding hydrogens is 353 g/mol. The summed E-state index contributed by atoms with van der Waals surface area (Å²) in [5, 5.41) is 2.56. The monoisotopic (exact) mass is 368 g/mol. The number of pyridine rings is 1. The lowest BCUT2D eigenvalue weighted by molar-refractivity contribution is -0.137. The molecule has 1 amide bonds. The van der Waals surface area contributed by atoms with E-state index in [0.717, 1.165) is 30.1 Å². The molecule has 1 saturated heterocycles. The van der Waals surface area contributed by atoms with Gasteiger partial charge in [0.05, 0.1) is 5.56 Å². The molecule has 1 fully saturated rings. The maximum atomic E-state index is 12.5. The minimum absolute atomic E-state index is 0.0886. The first-order chi connectivity index (χ1) is 11.9. The quantitative estimate of drug-likeness (QED) is 0.877. The fourth-order valence-electron chi connectivity index (χ4n) is 2.34. The van der Waals surface area contributed by atoms with E-state index in [1.54, 1.807) is 11.8 Å². The largest absolute Gasteiger partial charge is 0.473 e. The van der Waals surface area contributed by atoms with E-state index < -0.39 is 17.6 Å². The van der Waals surface area contributed by atoms with Gasteiger partial charge >= 0.3 is 6.18 Å². The van der Waals surface area contributed by atoms with Gasteiger partial charge < -0.3 is 10.1 Å². The van der Waals surface area contributed by atoms with Gasteiger partial charge in [-0.1, -0.05) is 0 Å². The van der Waals surface area contributed by atoms with Gasteiger partial charge in [0.2, 0.25) is 5.88 Å². The summed E-state index contributed by atoms with van der Waals surface area (Å²) in [4.78, 5) is 16.4. The molecular formula is C17H15F3N2O2S. The van der Waals surface area contributed by atoms with Gasteiger partial charge in [-0.25, -0.2) is 4.98 Å². The van der Waals surface area contributed by atoms with Crippen LogP contribution in [0.3, 0.4) is 0 Å². The van der Waals surface area contributed by atoms with Gasteiger partial charge in [-0.2, -0.15) is 24.9 Å². The van der Waals surface area contributed by atoms with Gasteiger partial charge in [-0.05, 0) is 42.5 Å². The van der Waals surface area contributed by atoms with Crippen molar-refractivity contribution in [2.24, 2.45) is 0 Å². The molecule has 1 unspecified atom stereocenters. The third-order valence-electron chi connectivity index (χ3n) is 3.64. The molecule has 1 atom stereocenters. The summed E-state index contributed by atoms with van der Waals surface area (Å²) in [7, 11) is 0. The highest BCUT2D eigenvalue weighted by Gasteiger charge is 2.30. The van der Waals surface area contributed by atoms with Gasteiger partial charge in [0.1, 0.15) is 6.10 Å². The van der Waals surface area contributed by atoms with Crippen molar-refractivity contribution >= 4 is 23.4 Å². The zero-order valence-corrected chi connectivity index (χ0v) is 13.9. The summed E-state index contributed by atoms with van der Waals surface area (Å²) >= 11 is 1.80. The molecule has 4 nitrogen and oxygen atoms in total. The fraction of sp³-hybridized carbons (Fsp3) is 0.294. The molecule has 0 bridgehead atoms. The minimum atomic E-state index is -4.40. The van der Waals surface area contributed by atoms with Crippen molar-refractivity contribution in [1.29, 1.82) is 0 Å². The Morgan fingerprint density at radius 2 is 2.00 bits per heavy atom. The van der Waals surface area contributed by atoms with Crippen LogP contribution in [0.4, 0.5) is 18.9 Å². The van der Waals surface area contributed by atoms with Crippen LogP contribution in [-0.4, -0.2) is 28.5 Å². The average molecular weight is 368 g/mol. The number of nitrogens with one attached hydrogen (secondary N) is 1. The number of halogens is 3. The van der Waals surface area contributed by atoms with Crippen LogP contribution in [0.15, 0.2) is 42.6 Å². The van der Waals surface area contributed by atoms with Crippen molar-refractivity contribution in [3.05, 3.63) is 53.7 Å². The van der Waals surface area contributed by atoms with E-state index in [1.165, 1.54) is 30.5 Å². The molecule has 2 heterocycles. The van der Waals surface area contributed by atoms with Crippen molar-refractivity contribution in [2.75, 3.05) is 16.8 Å². The van der Waals surface area contributed by atoms with Gasteiger partial charge in [-0.15, -0.1) is 0 Å². The molecule has 0 aliphatic carbocycles. The Hall–Kier alpha value is -2.22. The van der Waals surface area contributed by atoms with E-state index in [4.69, 9.17) is 4.74 Å². The summed E-state index contributed by atoms with van der Waals surface area (Å²) in [5.74, 6) is 1.86. The van der Waals surface area contributed by atoms with Crippen LogP contribution in [0.2, 0.25) is 0 Å². The molecule has 8 heteroatoms. The van der Waals surface area contributed by atoms with Crippen molar-refractivity contribution < 1.29 is 22.7 Å². The molecule has 2 aromatic rings. The van der Waals surface area contributed by atoms with Crippen LogP contribution in [0, 0.1) is 0 Å². The highest BCUT2D eigenvalue weighted by molar-refractivity contribution is 7.99. The normalized spacial score (nSPS) is 17.3. The molecule has 1 aromatic carbocycles. The van der Waals surface area contributed by atoms with E-state index in [-0.39, 0.29) is 11.8 Å². The number of alkyl halides is 3. The molecule has 0 spiro atoms. The third-order valence-corrected chi connectivity index (χ3v) is 4.77. The van der Waals surface area contributed by atoms with Crippen LogP contribution in [0.5, 0.6) is 5.88 Å². The molecule has 0 saturated carbocycles. The highest BCUT2D eigenvalue weighted by Crippen LogP contribution is 2.30. The van der Waals surface area contributed by atoms with Crippen LogP contribution in [-0.2, 0) is 6.18 Å². The summed E-state index contributed by atoms with van der Waals surface area (Å²) in [5.41, 5.74) is -0.153. The van der Waals surface area contributed by atoms with E-state index in [1.807, 2.05) is 0 Å². The van der Waals surface area contributed by atoms with Gasteiger partial charge in [0, 0.05) is 29.3 Å². The Labute approximate surface area is 146 Å². The third kappa shape index (κ3) is 4.66. The van der Waals surface area contributed by atoms with Crippen LogP contribution in [0.1, 0.15) is 22.3 Å². The number of hydrogen-bond acceptors (Lipinski definition) is 4. The lowest BCUT2D eigenvalue weighted by Gasteiger charge is -2.12. The Morgan fingerprint density at radius 1 is 1.24 bits per heavy atom. The second kappa shape index (κ2) is 7.35. The number of amides is 1. The van der Waals surface area contributed by atoms with Crippen LogP contribution >= 0.6 is 11.8 Å². The predicted octanol–water partition coefficient (Wildman–Crippen LogP) is 4.24. The van der Waals surface area contributed by atoms with E-state index in [2.05, 4.69) is 10.3 Å². The first-order valence-corrected chi connectivity index (χ1v) is 8.76. The molecule has 1 N–H and O–H groups in total. The topological polar surface area (TPSA) is 51.2 Å². The smallest absolute Gasteiger partial charge is 0.416 e. The molecule has 1 aliphatic rings. The zero-order chi connectivity index (χ0) is 17.9. The number of rotatable bonds is 4. The number of benzene rings is 1. The molecule has 25 heavy (non-hydrogen) atoms. The fourth-order valence-corrected chi connectivity index (χ4v) is 3.43. The number of thioether (sulfide) groups is 1. The summed E-state index contributed by atoms with van der Waals surface area (Å²) in [6, 6.07) is 7.34. The molecule has 132 valence electrons. The number of carbonyl (C=O) groups is 1. The number of anilines is 1. The second-order valence-electron chi connectivity index (χ2n) is 5.52. The summed E-state index contributed by atoms with van der Waals surface area (Å²) in [6.07, 6.45) is -1.91. The maximum absolute atomic E-state index is 12.5. The van der Waals surface area contributed by atoms with Gasteiger partial charge in [0.25, 0.3) is 5.91 Å². The number of hydrogen-bond donors (Lipinski definition) is 1. The lowest BCUT2D eigenvalue weighted by atomic mass is 10.2. The average Bonchev–Trinajstić information content (AvgIpc) is 3.08. The van der Waals surface area contributed by atoms with Crippen molar-refractivity contribution in [1.82, 2.24) is 4.98 Å². The standard InChI is InChI=1S/C17H15F3N2O2S/c18-17(19,20)12-1-3-13(4-2-12)22-16(23)11-5-7-21-15(9-11)24-14-6-8-25-10-14/h1-5,7,9,14H,6,8,10H2,(H,22,23). The second-order valence-corrected chi connectivity index (χ2v) is 6.67. The Bertz CT molecular complexity index is 744. The highest BCUT2D eigenvalue weighted by atomic mass is 32.2. The number of aromatic nitrogens is 1. The SMILES string of the molecule is O=C(Nc1ccc(C(F)(F)F)cc1)c1ccnc(OC2CCSC2)c1. The number of nitrogens with zero attached hydrogens (tertiary/aromatic N) is 1. The summed E-state index contributed by atoms with van der Waals surface area (Å²) in [6.45, 7) is 0. The maximum Gasteiger partial charge on any atom is 0.416 e. The number of ether oxygens (including phenoxy) is 1. The van der Waals surface area contributed by atoms with Crippen molar-refractivity contribution in [3.63, 3.8) is 0 Å². The van der Waals surface area contributed by atoms with E-state index in [0.29, 0.717) is 11.4 Å². The van der Waals surface area contributed by atoms with Crippen molar-refractivity contribution in [3.8, 4) is 5.88 Å². The van der Waals surface area contributed by atoms with E-state index >= 15 is 0 Å². The first-order valence-electron chi connectivity index (χ1n) is 7.61. The molecule has 1 aliphatic heterocycles. The van der Waals surface area contributed by atoms with Crippen molar-refractivity contribution in [2.45, 2.75) is 18.7 Å². The molecule has 1 aromatic heterocycles. The number of carbonyl (C=O) groups excluding carboxylic acids is 1. The van der Waals surface area contributed by atoms with Crippen LogP contribution < -0.4 is 10.1 Å². The molecule has 3 rings (SSSR count). The van der Waals surface area contributed by atoms with Gasteiger partial charge in [0.15, 0.2) is 0 Å². The Balaban J connectivity index is 1.66. The van der Waals surface area contributed by atoms with E-state index in [9.17, 15) is 18.0 Å². The van der Waals surface area contributed by atoms with Gasteiger partial charge in [-0.3, -0.25) is 4.79 Å². The lowest BCUT2D eigenvalue weighted by Crippen LogP contribution is -2.17.